The van der Waals surface area contributed by atoms with E-state index >= 15 is 0 Å². The molecule has 0 saturated heterocycles. The molecule has 0 aromatic heterocycles. The quantitative estimate of drug-likeness (QED) is 0.617. The average Bonchev–Trinajstić information content (AvgIpc) is 2.48. The van der Waals surface area contributed by atoms with Crippen molar-refractivity contribution in [3.63, 3.8) is 0 Å². The molecular weight excluding hydrogens is 270 g/mol. The molecule has 0 spiro atoms. The van der Waals surface area contributed by atoms with Crippen LogP contribution in [0, 0.1) is 5.92 Å². The van der Waals surface area contributed by atoms with Crippen LogP contribution in [0.1, 0.15) is 50.4 Å². The first kappa shape index (κ1) is 17.2. The molecule has 0 bridgehead atoms. The first-order valence-corrected chi connectivity index (χ1v) is 7.99. The van der Waals surface area contributed by atoms with Gasteiger partial charge in [-0.2, -0.15) is 0 Å². The Balaban J connectivity index is 2.47. The molecule has 0 aliphatic heterocycles. The standard InChI is InChI=1S/C17H26ClNO/c1-4-14(5-2)13-19(6-3)12-11-17(20)15-7-9-16(18)10-8-15/h7-10,14H,4-6,11-13H2,1-3H3. The Hall–Kier alpha value is -0.860. The van der Waals surface area contributed by atoms with Gasteiger partial charge in [-0.3, -0.25) is 4.79 Å². The van der Waals surface area contributed by atoms with Crippen LogP contribution in [-0.2, 0) is 0 Å². The van der Waals surface area contributed by atoms with Crippen molar-refractivity contribution in [2.75, 3.05) is 19.6 Å². The zero-order chi connectivity index (χ0) is 15.0. The number of rotatable bonds is 9. The third kappa shape index (κ3) is 5.64. The van der Waals surface area contributed by atoms with E-state index in [4.69, 9.17) is 11.6 Å². The largest absolute Gasteiger partial charge is 0.303 e. The maximum atomic E-state index is 12.1. The van der Waals surface area contributed by atoms with Crippen molar-refractivity contribution in [3.05, 3.63) is 34.9 Å². The Labute approximate surface area is 128 Å². The lowest BCUT2D eigenvalue weighted by Gasteiger charge is -2.24. The number of nitrogens with zero attached hydrogens (tertiary/aromatic N) is 1. The first-order chi connectivity index (χ1) is 9.60. The fourth-order valence-corrected chi connectivity index (χ4v) is 2.46. The number of carbonyl (C=O) groups is 1. The molecule has 0 amide bonds. The van der Waals surface area contributed by atoms with Crippen LogP contribution in [0.25, 0.3) is 0 Å². The lowest BCUT2D eigenvalue weighted by molar-refractivity contribution is 0.0960. The second-order valence-electron chi connectivity index (χ2n) is 5.26. The predicted molar refractivity (Wildman–Crippen MR) is 86.6 cm³/mol. The summed E-state index contributed by atoms with van der Waals surface area (Å²) >= 11 is 5.84. The van der Waals surface area contributed by atoms with Crippen molar-refractivity contribution >= 4 is 17.4 Å². The van der Waals surface area contributed by atoms with Gasteiger partial charge in [-0.25, -0.2) is 0 Å². The SMILES string of the molecule is CCC(CC)CN(CC)CCC(=O)c1ccc(Cl)cc1. The summed E-state index contributed by atoms with van der Waals surface area (Å²) in [6.07, 6.45) is 2.99. The second kappa shape index (κ2) is 9.15. The molecule has 1 aromatic rings. The summed E-state index contributed by atoms with van der Waals surface area (Å²) in [5.74, 6) is 0.935. The molecule has 0 saturated carbocycles. The summed E-state index contributed by atoms with van der Waals surface area (Å²) in [4.78, 5) is 14.5. The van der Waals surface area contributed by atoms with E-state index < -0.39 is 0 Å². The highest BCUT2D eigenvalue weighted by molar-refractivity contribution is 6.30. The maximum Gasteiger partial charge on any atom is 0.164 e. The Morgan fingerprint density at radius 1 is 1.15 bits per heavy atom. The minimum Gasteiger partial charge on any atom is -0.303 e. The zero-order valence-corrected chi connectivity index (χ0v) is 13.6. The second-order valence-corrected chi connectivity index (χ2v) is 5.69. The van der Waals surface area contributed by atoms with Crippen LogP contribution in [0.2, 0.25) is 5.02 Å². The molecule has 112 valence electrons. The van der Waals surface area contributed by atoms with Gasteiger partial charge >= 0.3 is 0 Å². The van der Waals surface area contributed by atoms with Crippen molar-refractivity contribution in [3.8, 4) is 0 Å². The van der Waals surface area contributed by atoms with E-state index in [0.717, 1.165) is 31.1 Å². The molecule has 0 aliphatic rings. The minimum atomic E-state index is 0.199. The number of Topliss-reactive ketones (excluding diaryl/α,β-unsaturated/α-hetero) is 1. The van der Waals surface area contributed by atoms with Crippen LogP contribution in [-0.4, -0.2) is 30.3 Å². The molecule has 0 unspecified atom stereocenters. The van der Waals surface area contributed by atoms with Crippen molar-refractivity contribution in [1.82, 2.24) is 4.90 Å². The summed E-state index contributed by atoms with van der Waals surface area (Å²) in [5.41, 5.74) is 0.757. The number of benzene rings is 1. The molecular formula is C17H26ClNO. The Kier molecular flexibility index (Phi) is 7.86. The minimum absolute atomic E-state index is 0.199. The van der Waals surface area contributed by atoms with Crippen LogP contribution in [0.15, 0.2) is 24.3 Å². The molecule has 0 heterocycles. The monoisotopic (exact) mass is 295 g/mol. The highest BCUT2D eigenvalue weighted by atomic mass is 35.5. The summed E-state index contributed by atoms with van der Waals surface area (Å²) in [6, 6.07) is 7.16. The summed E-state index contributed by atoms with van der Waals surface area (Å²) in [6.45, 7) is 9.58. The smallest absolute Gasteiger partial charge is 0.164 e. The van der Waals surface area contributed by atoms with E-state index in [1.54, 1.807) is 12.1 Å². The zero-order valence-electron chi connectivity index (χ0n) is 12.9. The van der Waals surface area contributed by atoms with Gasteiger partial charge in [0.1, 0.15) is 0 Å². The van der Waals surface area contributed by atoms with Gasteiger partial charge in [-0.1, -0.05) is 45.2 Å². The fourth-order valence-electron chi connectivity index (χ4n) is 2.33. The third-order valence-corrected chi connectivity index (χ3v) is 4.19. The van der Waals surface area contributed by atoms with Crippen molar-refractivity contribution < 1.29 is 4.79 Å². The van der Waals surface area contributed by atoms with Crippen LogP contribution >= 0.6 is 11.6 Å². The Bertz CT molecular complexity index is 398. The molecule has 0 fully saturated rings. The molecule has 20 heavy (non-hydrogen) atoms. The van der Waals surface area contributed by atoms with Gasteiger partial charge in [0.2, 0.25) is 0 Å². The third-order valence-electron chi connectivity index (χ3n) is 3.94. The van der Waals surface area contributed by atoms with Gasteiger partial charge in [0.25, 0.3) is 0 Å². The summed E-state index contributed by atoms with van der Waals surface area (Å²) < 4.78 is 0. The number of hydrogen-bond donors (Lipinski definition) is 0. The van der Waals surface area contributed by atoms with Gasteiger partial charge in [0.05, 0.1) is 0 Å². The molecule has 0 radical (unpaired) electrons. The van der Waals surface area contributed by atoms with E-state index in [2.05, 4.69) is 25.7 Å². The molecule has 0 aliphatic carbocycles. The normalized spacial score (nSPS) is 11.3. The average molecular weight is 296 g/mol. The van der Waals surface area contributed by atoms with Crippen molar-refractivity contribution in [2.24, 2.45) is 5.92 Å². The van der Waals surface area contributed by atoms with Gasteiger partial charge in [-0.05, 0) is 36.7 Å². The van der Waals surface area contributed by atoms with Gasteiger partial charge in [0, 0.05) is 30.1 Å². The summed E-state index contributed by atoms with van der Waals surface area (Å²) in [7, 11) is 0. The van der Waals surface area contributed by atoms with Gasteiger partial charge in [-0.15, -0.1) is 0 Å². The number of halogens is 1. The molecule has 1 rings (SSSR count). The lowest BCUT2D eigenvalue weighted by Crippen LogP contribution is -2.31. The first-order valence-electron chi connectivity index (χ1n) is 7.61. The number of ketones is 1. The molecule has 3 heteroatoms. The van der Waals surface area contributed by atoms with E-state index in [-0.39, 0.29) is 5.78 Å². The number of hydrogen-bond acceptors (Lipinski definition) is 2. The highest BCUT2D eigenvalue weighted by Gasteiger charge is 2.12. The van der Waals surface area contributed by atoms with Crippen LogP contribution in [0.5, 0.6) is 0 Å². The molecule has 0 N–H and O–H groups in total. The molecule has 0 atom stereocenters. The Morgan fingerprint density at radius 3 is 2.25 bits per heavy atom. The van der Waals surface area contributed by atoms with E-state index in [9.17, 15) is 4.79 Å². The van der Waals surface area contributed by atoms with Crippen LogP contribution in [0.3, 0.4) is 0 Å². The van der Waals surface area contributed by atoms with Crippen LogP contribution in [0.4, 0.5) is 0 Å². The predicted octanol–water partition coefficient (Wildman–Crippen LogP) is 4.67. The molecule has 1 aromatic carbocycles. The lowest BCUT2D eigenvalue weighted by atomic mass is 10.0. The van der Waals surface area contributed by atoms with E-state index in [0.29, 0.717) is 11.4 Å². The fraction of sp³-hybridized carbons (Fsp3) is 0.588. The topological polar surface area (TPSA) is 20.3 Å². The van der Waals surface area contributed by atoms with Crippen LogP contribution < -0.4 is 0 Å². The van der Waals surface area contributed by atoms with Gasteiger partial charge < -0.3 is 4.90 Å². The Morgan fingerprint density at radius 2 is 1.75 bits per heavy atom. The van der Waals surface area contributed by atoms with Gasteiger partial charge in [0.15, 0.2) is 5.78 Å². The highest BCUT2D eigenvalue weighted by Crippen LogP contribution is 2.13. The van der Waals surface area contributed by atoms with E-state index in [1.165, 1.54) is 12.8 Å². The summed E-state index contributed by atoms with van der Waals surface area (Å²) in [5, 5.41) is 0.672. The number of carbonyl (C=O) groups excluding carboxylic acids is 1. The van der Waals surface area contributed by atoms with Crippen molar-refractivity contribution in [2.45, 2.75) is 40.0 Å². The van der Waals surface area contributed by atoms with Crippen molar-refractivity contribution in [1.29, 1.82) is 0 Å². The van der Waals surface area contributed by atoms with E-state index in [1.807, 2.05) is 12.1 Å². The maximum absolute atomic E-state index is 12.1. The molecule has 2 nitrogen and oxygen atoms in total.